The molecule has 3 N–H and O–H groups in total. The number of carbonyl (C=O) groups excluding carboxylic acids is 1. The number of hydrogen-bond donors (Lipinski definition) is 3. The van der Waals surface area contributed by atoms with Crippen molar-refractivity contribution >= 4 is 5.91 Å². The van der Waals surface area contributed by atoms with Crippen LogP contribution in [0.15, 0.2) is 30.3 Å². The van der Waals surface area contributed by atoms with Crippen LogP contribution in [-0.4, -0.2) is 74.5 Å². The highest BCUT2D eigenvalue weighted by molar-refractivity contribution is 5.73. The maximum Gasteiger partial charge on any atom is 0.220 e. The van der Waals surface area contributed by atoms with Gasteiger partial charge < -0.3 is 20.2 Å². The largest absolute Gasteiger partial charge is 0.391 e. The molecule has 6 nitrogen and oxygen atoms in total. The zero-order valence-electron chi connectivity index (χ0n) is 13.2. The number of rotatable bonds is 3. The van der Waals surface area contributed by atoms with Crippen molar-refractivity contribution in [3.05, 3.63) is 35.9 Å². The molecule has 0 saturated carbocycles. The van der Waals surface area contributed by atoms with Crippen LogP contribution < -0.4 is 0 Å². The lowest BCUT2D eigenvalue weighted by Crippen LogP contribution is -2.66. The molecule has 2 saturated heterocycles. The van der Waals surface area contributed by atoms with Gasteiger partial charge in [-0.3, -0.25) is 9.69 Å². The van der Waals surface area contributed by atoms with Gasteiger partial charge in [0.25, 0.3) is 0 Å². The molecule has 2 fully saturated rings. The molecule has 2 heterocycles. The molecular weight excluding hydrogens is 296 g/mol. The lowest BCUT2D eigenvalue weighted by atomic mass is 9.90. The maximum absolute atomic E-state index is 12.1. The van der Waals surface area contributed by atoms with Crippen LogP contribution in [0.2, 0.25) is 0 Å². The average Bonchev–Trinajstić information content (AvgIpc) is 2.91. The highest BCUT2D eigenvalue weighted by atomic mass is 16.3. The second kappa shape index (κ2) is 6.57. The molecule has 2 aliphatic rings. The molecule has 0 aromatic heterocycles. The van der Waals surface area contributed by atoms with Crippen LogP contribution in [-0.2, 0) is 11.3 Å². The van der Waals surface area contributed by atoms with Crippen molar-refractivity contribution in [2.24, 2.45) is 0 Å². The minimum absolute atomic E-state index is 0.136. The Hall–Kier alpha value is -1.47. The topological polar surface area (TPSA) is 84.2 Å². The quantitative estimate of drug-likeness (QED) is 0.704. The lowest BCUT2D eigenvalue weighted by molar-refractivity contribution is -0.151. The molecule has 1 amide bonds. The summed E-state index contributed by atoms with van der Waals surface area (Å²) >= 11 is 0. The van der Waals surface area contributed by atoms with Gasteiger partial charge >= 0.3 is 0 Å². The summed E-state index contributed by atoms with van der Waals surface area (Å²) in [6, 6.07) is 8.68. The van der Waals surface area contributed by atoms with E-state index in [4.69, 9.17) is 0 Å². The second-order valence-corrected chi connectivity index (χ2v) is 6.52. The van der Waals surface area contributed by atoms with Crippen LogP contribution in [0, 0.1) is 0 Å². The Labute approximate surface area is 135 Å². The summed E-state index contributed by atoms with van der Waals surface area (Å²) in [5.41, 5.74) is 0.980. The number of piperidine rings is 1. The Morgan fingerprint density at radius 1 is 1.22 bits per heavy atom. The molecule has 0 spiro atoms. The number of benzene rings is 1. The minimum Gasteiger partial charge on any atom is -0.391 e. The normalized spacial score (nSPS) is 34.2. The Kier molecular flexibility index (Phi) is 4.68. The summed E-state index contributed by atoms with van der Waals surface area (Å²) in [7, 11) is 0. The fourth-order valence-electron chi connectivity index (χ4n) is 3.82. The molecule has 0 radical (unpaired) electrons. The third-order valence-electron chi connectivity index (χ3n) is 5.04. The number of carbonyl (C=O) groups is 1. The SMILES string of the molecule is CC(=O)N(Cc1ccccc1)C1CN2CCC(O)C2C(O)C1O. The molecule has 1 aromatic carbocycles. The standard InChI is InChI=1S/C17H24N2O4/c1-11(20)19(9-12-5-3-2-4-6-12)13-10-18-8-7-14(21)15(18)17(23)16(13)22/h2-6,13-17,21-23H,7-10H2,1H3. The van der Waals surface area contributed by atoms with E-state index >= 15 is 0 Å². The van der Waals surface area contributed by atoms with Crippen molar-refractivity contribution in [2.75, 3.05) is 13.1 Å². The van der Waals surface area contributed by atoms with Crippen molar-refractivity contribution in [3.8, 4) is 0 Å². The van der Waals surface area contributed by atoms with E-state index in [2.05, 4.69) is 0 Å². The molecule has 2 aliphatic heterocycles. The van der Waals surface area contributed by atoms with E-state index in [1.54, 1.807) is 4.90 Å². The summed E-state index contributed by atoms with van der Waals surface area (Å²) in [5.74, 6) is -0.136. The molecule has 6 heteroatoms. The number of nitrogens with zero attached hydrogens (tertiary/aromatic N) is 2. The lowest BCUT2D eigenvalue weighted by Gasteiger charge is -2.46. The maximum atomic E-state index is 12.1. The molecule has 5 unspecified atom stereocenters. The highest BCUT2D eigenvalue weighted by Gasteiger charge is 2.49. The van der Waals surface area contributed by atoms with Gasteiger partial charge in [0.2, 0.25) is 5.91 Å². The summed E-state index contributed by atoms with van der Waals surface area (Å²) in [5, 5.41) is 30.9. The van der Waals surface area contributed by atoms with Crippen molar-refractivity contribution < 1.29 is 20.1 Å². The van der Waals surface area contributed by atoms with E-state index in [9.17, 15) is 20.1 Å². The zero-order valence-corrected chi connectivity index (χ0v) is 13.2. The van der Waals surface area contributed by atoms with Crippen LogP contribution in [0.25, 0.3) is 0 Å². The van der Waals surface area contributed by atoms with E-state index in [0.717, 1.165) is 5.56 Å². The first-order valence-electron chi connectivity index (χ1n) is 8.08. The molecule has 0 aliphatic carbocycles. The van der Waals surface area contributed by atoms with Gasteiger partial charge in [0.15, 0.2) is 0 Å². The fourth-order valence-corrected chi connectivity index (χ4v) is 3.82. The number of aliphatic hydroxyl groups is 3. The van der Waals surface area contributed by atoms with Crippen LogP contribution in [0.3, 0.4) is 0 Å². The van der Waals surface area contributed by atoms with E-state index in [1.807, 2.05) is 35.2 Å². The average molecular weight is 320 g/mol. The Morgan fingerprint density at radius 3 is 2.57 bits per heavy atom. The summed E-state index contributed by atoms with van der Waals surface area (Å²) < 4.78 is 0. The molecule has 5 atom stereocenters. The van der Waals surface area contributed by atoms with E-state index in [-0.39, 0.29) is 5.91 Å². The van der Waals surface area contributed by atoms with E-state index in [0.29, 0.717) is 26.1 Å². The van der Waals surface area contributed by atoms with Gasteiger partial charge in [-0.15, -0.1) is 0 Å². The van der Waals surface area contributed by atoms with Gasteiger partial charge in [0, 0.05) is 26.6 Å². The predicted molar refractivity (Wildman–Crippen MR) is 84.5 cm³/mol. The van der Waals surface area contributed by atoms with Crippen molar-refractivity contribution in [3.63, 3.8) is 0 Å². The smallest absolute Gasteiger partial charge is 0.220 e. The Bertz CT molecular complexity index is 553. The van der Waals surface area contributed by atoms with Crippen LogP contribution >= 0.6 is 0 Å². The van der Waals surface area contributed by atoms with Gasteiger partial charge in [0.1, 0.15) is 6.10 Å². The second-order valence-electron chi connectivity index (χ2n) is 6.52. The number of fused-ring (bicyclic) bond motifs is 1. The molecule has 1 aromatic rings. The first-order chi connectivity index (χ1) is 11.0. The van der Waals surface area contributed by atoms with Crippen LogP contribution in [0.1, 0.15) is 18.9 Å². The Balaban J connectivity index is 1.81. The number of amides is 1. The van der Waals surface area contributed by atoms with Gasteiger partial charge in [-0.25, -0.2) is 0 Å². The molecule has 3 rings (SSSR count). The first kappa shape index (κ1) is 16.4. The van der Waals surface area contributed by atoms with Crippen LogP contribution in [0.5, 0.6) is 0 Å². The fraction of sp³-hybridized carbons (Fsp3) is 0.588. The summed E-state index contributed by atoms with van der Waals surface area (Å²) in [6.07, 6.45) is -2.15. The van der Waals surface area contributed by atoms with E-state index < -0.39 is 30.4 Å². The molecule has 0 bridgehead atoms. The predicted octanol–water partition coefficient (Wildman–Crippen LogP) is -0.426. The van der Waals surface area contributed by atoms with Crippen molar-refractivity contribution in [1.82, 2.24) is 9.80 Å². The third kappa shape index (κ3) is 3.12. The third-order valence-corrected chi connectivity index (χ3v) is 5.04. The van der Waals surface area contributed by atoms with Gasteiger partial charge in [-0.05, 0) is 12.0 Å². The molecule has 126 valence electrons. The van der Waals surface area contributed by atoms with Crippen LogP contribution in [0.4, 0.5) is 0 Å². The molecular formula is C17H24N2O4. The van der Waals surface area contributed by atoms with Gasteiger partial charge in [-0.2, -0.15) is 0 Å². The summed E-state index contributed by atoms with van der Waals surface area (Å²) in [6.45, 7) is 3.01. The highest BCUT2D eigenvalue weighted by Crippen LogP contribution is 2.30. The Morgan fingerprint density at radius 2 is 1.91 bits per heavy atom. The van der Waals surface area contributed by atoms with Crippen molar-refractivity contribution in [2.45, 2.75) is 50.3 Å². The zero-order chi connectivity index (χ0) is 16.6. The number of hydrogen-bond acceptors (Lipinski definition) is 5. The first-order valence-corrected chi connectivity index (χ1v) is 8.08. The summed E-state index contributed by atoms with van der Waals surface area (Å²) in [4.78, 5) is 15.7. The van der Waals surface area contributed by atoms with Gasteiger partial charge in [0.05, 0.1) is 24.3 Å². The molecule has 23 heavy (non-hydrogen) atoms. The monoisotopic (exact) mass is 320 g/mol. The minimum atomic E-state index is -1.06. The van der Waals surface area contributed by atoms with E-state index in [1.165, 1.54) is 6.92 Å². The van der Waals surface area contributed by atoms with Crippen molar-refractivity contribution in [1.29, 1.82) is 0 Å². The number of aliphatic hydroxyl groups excluding tert-OH is 3. The van der Waals surface area contributed by atoms with Gasteiger partial charge in [-0.1, -0.05) is 30.3 Å².